The van der Waals surface area contributed by atoms with E-state index in [9.17, 15) is 19.7 Å². The average Bonchev–Trinajstić information content (AvgIpc) is 3.07. The molecule has 1 amide bonds. The number of benzene rings is 2. The fraction of sp³-hybridized carbons (Fsp3) is 0.0870. The molecule has 1 aliphatic heterocycles. The van der Waals surface area contributed by atoms with Gasteiger partial charge in [0.05, 0.1) is 21.9 Å². The van der Waals surface area contributed by atoms with Crippen LogP contribution in [0.1, 0.15) is 33.3 Å². The number of nitro benzene ring substituents is 1. The van der Waals surface area contributed by atoms with Crippen LogP contribution in [0.2, 0.25) is 0 Å². The second-order valence-corrected chi connectivity index (χ2v) is 7.29. The zero-order chi connectivity index (χ0) is 21.7. The van der Waals surface area contributed by atoms with Crippen molar-refractivity contribution >= 4 is 28.4 Å². The SMILES string of the molecule is Cc1ccc2oc3c(c(=O)c2c1)[C@@H](c1cccc([N+](=O)[O-])c1)N(c1ccccn1)C3=O. The van der Waals surface area contributed by atoms with Crippen LogP contribution in [0.15, 0.2) is 76.1 Å². The van der Waals surface area contributed by atoms with E-state index in [1.165, 1.54) is 29.3 Å². The van der Waals surface area contributed by atoms with Crippen LogP contribution in [0.25, 0.3) is 11.0 Å². The number of hydrogen-bond donors (Lipinski definition) is 0. The smallest absolute Gasteiger partial charge is 0.296 e. The number of amides is 1. The number of nitrogens with zero attached hydrogens (tertiary/aromatic N) is 3. The highest BCUT2D eigenvalue weighted by molar-refractivity contribution is 6.10. The molecular formula is C23H15N3O5. The van der Waals surface area contributed by atoms with E-state index < -0.39 is 16.9 Å². The Kier molecular flexibility index (Phi) is 4.14. The number of carbonyl (C=O) groups excluding carboxylic acids is 1. The Morgan fingerprint density at radius 2 is 1.90 bits per heavy atom. The molecule has 31 heavy (non-hydrogen) atoms. The molecular weight excluding hydrogens is 398 g/mol. The third-order valence-corrected chi connectivity index (χ3v) is 5.32. The van der Waals surface area contributed by atoms with Gasteiger partial charge in [0.2, 0.25) is 5.76 Å². The molecule has 0 aliphatic carbocycles. The van der Waals surface area contributed by atoms with Crippen LogP contribution in [0.4, 0.5) is 11.5 Å². The molecule has 2 aromatic heterocycles. The Morgan fingerprint density at radius 1 is 1.06 bits per heavy atom. The largest absolute Gasteiger partial charge is 0.450 e. The summed E-state index contributed by atoms with van der Waals surface area (Å²) in [5.74, 6) is -0.289. The van der Waals surface area contributed by atoms with Crippen molar-refractivity contribution in [2.24, 2.45) is 0 Å². The quantitative estimate of drug-likeness (QED) is 0.369. The van der Waals surface area contributed by atoms with Crippen LogP contribution >= 0.6 is 0 Å². The summed E-state index contributed by atoms with van der Waals surface area (Å²) in [6.45, 7) is 1.86. The van der Waals surface area contributed by atoms with Crippen molar-refractivity contribution in [1.29, 1.82) is 0 Å². The number of anilines is 1. The van der Waals surface area contributed by atoms with E-state index in [1.54, 1.807) is 42.5 Å². The third-order valence-electron chi connectivity index (χ3n) is 5.32. The first-order valence-electron chi connectivity index (χ1n) is 9.52. The van der Waals surface area contributed by atoms with Gasteiger partial charge in [0, 0.05) is 18.3 Å². The van der Waals surface area contributed by atoms with E-state index >= 15 is 0 Å². The van der Waals surface area contributed by atoms with Crippen LogP contribution in [0.3, 0.4) is 0 Å². The van der Waals surface area contributed by atoms with Crippen molar-refractivity contribution in [3.63, 3.8) is 0 Å². The first-order valence-corrected chi connectivity index (χ1v) is 9.52. The van der Waals surface area contributed by atoms with Crippen LogP contribution in [0.5, 0.6) is 0 Å². The minimum atomic E-state index is -0.904. The molecule has 0 radical (unpaired) electrons. The summed E-state index contributed by atoms with van der Waals surface area (Å²) in [6, 6.07) is 15.2. The highest BCUT2D eigenvalue weighted by atomic mass is 16.6. The Bertz CT molecular complexity index is 1430. The van der Waals surface area contributed by atoms with Crippen molar-refractivity contribution in [1.82, 2.24) is 4.98 Å². The van der Waals surface area contributed by atoms with Gasteiger partial charge in [-0.1, -0.05) is 29.8 Å². The molecule has 0 N–H and O–H groups in total. The maximum Gasteiger partial charge on any atom is 0.296 e. The predicted molar refractivity (Wildman–Crippen MR) is 113 cm³/mol. The zero-order valence-corrected chi connectivity index (χ0v) is 16.3. The van der Waals surface area contributed by atoms with Crippen LogP contribution in [-0.4, -0.2) is 15.8 Å². The average molecular weight is 413 g/mol. The van der Waals surface area contributed by atoms with Gasteiger partial charge in [-0.15, -0.1) is 0 Å². The van der Waals surface area contributed by atoms with Crippen LogP contribution in [-0.2, 0) is 0 Å². The van der Waals surface area contributed by atoms with Gasteiger partial charge in [0.15, 0.2) is 5.43 Å². The fourth-order valence-electron chi connectivity index (χ4n) is 3.94. The summed E-state index contributed by atoms with van der Waals surface area (Å²) in [5, 5.41) is 11.7. The molecule has 152 valence electrons. The van der Waals surface area contributed by atoms with E-state index in [4.69, 9.17) is 4.42 Å². The number of rotatable bonds is 3. The molecule has 8 nitrogen and oxygen atoms in total. The second kappa shape index (κ2) is 6.88. The molecule has 4 aromatic rings. The van der Waals surface area contributed by atoms with Gasteiger partial charge in [0.25, 0.3) is 11.6 Å². The Labute approximate surface area is 175 Å². The van der Waals surface area contributed by atoms with Gasteiger partial charge < -0.3 is 4.42 Å². The molecule has 0 spiro atoms. The normalized spacial score (nSPS) is 15.3. The third kappa shape index (κ3) is 2.88. The molecule has 1 aliphatic rings. The number of aryl methyl sites for hydroxylation is 1. The van der Waals surface area contributed by atoms with Gasteiger partial charge in [0.1, 0.15) is 11.4 Å². The minimum absolute atomic E-state index is 0.0801. The summed E-state index contributed by atoms with van der Waals surface area (Å²) in [4.78, 5) is 43.3. The highest BCUT2D eigenvalue weighted by Crippen LogP contribution is 2.41. The summed E-state index contributed by atoms with van der Waals surface area (Å²) < 4.78 is 5.88. The van der Waals surface area contributed by atoms with Crippen LogP contribution in [0, 0.1) is 17.0 Å². The van der Waals surface area contributed by atoms with E-state index in [1.807, 2.05) is 6.92 Å². The van der Waals surface area contributed by atoms with Gasteiger partial charge in [-0.3, -0.25) is 24.6 Å². The lowest BCUT2D eigenvalue weighted by Gasteiger charge is -2.23. The Morgan fingerprint density at radius 3 is 2.65 bits per heavy atom. The molecule has 2 aromatic carbocycles. The number of hydrogen-bond acceptors (Lipinski definition) is 6. The summed E-state index contributed by atoms with van der Waals surface area (Å²) in [7, 11) is 0. The van der Waals surface area contributed by atoms with Crippen molar-refractivity contribution < 1.29 is 14.1 Å². The summed E-state index contributed by atoms with van der Waals surface area (Å²) in [6.07, 6.45) is 1.53. The molecule has 0 fully saturated rings. The molecule has 8 heteroatoms. The first-order chi connectivity index (χ1) is 15.0. The maximum absolute atomic E-state index is 13.5. The van der Waals surface area contributed by atoms with Gasteiger partial charge >= 0.3 is 0 Å². The van der Waals surface area contributed by atoms with Gasteiger partial charge in [-0.25, -0.2) is 4.98 Å². The highest BCUT2D eigenvalue weighted by Gasteiger charge is 2.44. The maximum atomic E-state index is 13.5. The molecule has 0 unspecified atom stereocenters. The summed E-state index contributed by atoms with van der Waals surface area (Å²) in [5.41, 5.74) is 1.27. The van der Waals surface area contributed by atoms with E-state index in [0.29, 0.717) is 22.4 Å². The second-order valence-electron chi connectivity index (χ2n) is 7.29. The summed E-state index contributed by atoms with van der Waals surface area (Å²) >= 11 is 0. The number of nitro groups is 1. The van der Waals surface area contributed by atoms with Gasteiger partial charge in [-0.2, -0.15) is 0 Å². The molecule has 1 atom stereocenters. The Balaban J connectivity index is 1.83. The number of pyridine rings is 1. The van der Waals surface area contributed by atoms with Gasteiger partial charge in [-0.05, 0) is 36.8 Å². The number of fused-ring (bicyclic) bond motifs is 2. The van der Waals surface area contributed by atoms with Crippen molar-refractivity contribution in [3.8, 4) is 0 Å². The van der Waals surface area contributed by atoms with Crippen LogP contribution < -0.4 is 10.3 Å². The van der Waals surface area contributed by atoms with E-state index in [0.717, 1.165) is 5.56 Å². The number of aromatic nitrogens is 1. The number of carbonyl (C=O) groups is 1. The monoisotopic (exact) mass is 413 g/mol. The van der Waals surface area contributed by atoms with E-state index in [2.05, 4.69) is 4.98 Å². The number of non-ortho nitro benzene ring substituents is 1. The van der Waals surface area contributed by atoms with E-state index in [-0.39, 0.29) is 22.4 Å². The fourth-order valence-corrected chi connectivity index (χ4v) is 3.94. The topological polar surface area (TPSA) is 107 Å². The minimum Gasteiger partial charge on any atom is -0.450 e. The molecule has 5 rings (SSSR count). The zero-order valence-electron chi connectivity index (χ0n) is 16.3. The molecule has 0 bridgehead atoms. The van der Waals surface area contributed by atoms with Crippen molar-refractivity contribution in [3.05, 3.63) is 110 Å². The molecule has 3 heterocycles. The lowest BCUT2D eigenvalue weighted by Crippen LogP contribution is -2.30. The lowest BCUT2D eigenvalue weighted by molar-refractivity contribution is -0.384. The Hall–Kier alpha value is -4.33. The standard InChI is InChI=1S/C23H15N3O5/c1-13-8-9-17-16(11-13)21(27)19-20(14-5-4-6-15(12-14)26(29)30)25(23(28)22(19)31-17)18-7-2-3-10-24-18/h2-12,20H,1H3/t20-/m1/s1. The first kappa shape index (κ1) is 18.7. The molecule has 0 saturated heterocycles. The van der Waals surface area contributed by atoms with Crippen molar-refractivity contribution in [2.45, 2.75) is 13.0 Å². The van der Waals surface area contributed by atoms with Crippen molar-refractivity contribution in [2.75, 3.05) is 4.90 Å². The predicted octanol–water partition coefficient (Wildman–Crippen LogP) is 4.15. The lowest BCUT2D eigenvalue weighted by atomic mass is 9.97. The molecule has 0 saturated carbocycles.